The Morgan fingerprint density at radius 2 is 2.14 bits per heavy atom. The molecule has 4 heteroatoms. The average Bonchev–Trinajstić information content (AvgIpc) is 2.19. The smallest absolute Gasteiger partial charge is 0.234 e. The van der Waals surface area contributed by atoms with E-state index in [1.807, 2.05) is 35.6 Å². The van der Waals surface area contributed by atoms with Crippen molar-refractivity contribution >= 4 is 5.91 Å². The maximum absolute atomic E-state index is 11.0. The highest BCUT2D eigenvalue weighted by molar-refractivity contribution is 5.78. The van der Waals surface area contributed by atoms with Gasteiger partial charge in [0.15, 0.2) is 6.19 Å². The molecule has 0 radical (unpaired) electrons. The Morgan fingerprint density at radius 3 is 2.71 bits per heavy atom. The molecule has 0 heterocycles. The van der Waals surface area contributed by atoms with Crippen LogP contribution in [0.25, 0.3) is 0 Å². The first-order valence-corrected chi connectivity index (χ1v) is 4.22. The van der Waals surface area contributed by atoms with E-state index < -0.39 is 0 Å². The Labute approximate surface area is 82.3 Å². The largest absolute Gasteiger partial charge is 0.324 e. The van der Waals surface area contributed by atoms with Gasteiger partial charge in [-0.05, 0) is 5.56 Å². The van der Waals surface area contributed by atoms with Gasteiger partial charge >= 0.3 is 0 Å². The Balaban J connectivity index is 2.56. The topological polar surface area (TPSA) is 78.9 Å². The molecule has 1 aromatic carbocycles. The van der Waals surface area contributed by atoms with Gasteiger partial charge in [0.25, 0.3) is 0 Å². The molecule has 0 saturated carbocycles. The molecule has 1 amide bonds. The van der Waals surface area contributed by atoms with Gasteiger partial charge < -0.3 is 5.73 Å². The molecule has 4 nitrogen and oxygen atoms in total. The molecule has 0 aliphatic rings. The van der Waals surface area contributed by atoms with E-state index in [0.717, 1.165) is 5.56 Å². The highest BCUT2D eigenvalue weighted by Crippen LogP contribution is 2.12. The van der Waals surface area contributed by atoms with Crippen molar-refractivity contribution in [2.75, 3.05) is 0 Å². The van der Waals surface area contributed by atoms with Crippen LogP contribution in [0.3, 0.4) is 0 Å². The second-order valence-corrected chi connectivity index (χ2v) is 2.88. The van der Waals surface area contributed by atoms with Crippen molar-refractivity contribution < 1.29 is 4.79 Å². The summed E-state index contributed by atoms with van der Waals surface area (Å²) in [5.74, 6) is -0.358. The third-order valence-corrected chi connectivity index (χ3v) is 1.83. The fraction of sp³-hybridized carbons (Fsp3) is 0.200. The number of nitrogens with two attached hydrogens (primary N) is 1. The van der Waals surface area contributed by atoms with Crippen molar-refractivity contribution in [2.45, 2.75) is 12.5 Å². The summed E-state index contributed by atoms with van der Waals surface area (Å²) in [6.45, 7) is 0. The second-order valence-electron chi connectivity index (χ2n) is 2.88. The number of nitrogens with zero attached hydrogens (tertiary/aromatic N) is 1. The predicted molar refractivity (Wildman–Crippen MR) is 51.7 cm³/mol. The van der Waals surface area contributed by atoms with Gasteiger partial charge in [0.05, 0.1) is 0 Å². The lowest BCUT2D eigenvalue weighted by Crippen LogP contribution is -2.23. The van der Waals surface area contributed by atoms with E-state index in [0.29, 0.717) is 0 Å². The molecule has 0 aliphatic carbocycles. The molecular weight excluding hydrogens is 178 g/mol. The lowest BCUT2D eigenvalue weighted by Gasteiger charge is -2.09. The molecule has 0 aliphatic heterocycles. The van der Waals surface area contributed by atoms with Crippen LogP contribution in [0, 0.1) is 11.5 Å². The summed E-state index contributed by atoms with van der Waals surface area (Å²) in [6, 6.07) is 8.94. The number of hydrogen-bond acceptors (Lipinski definition) is 3. The average molecular weight is 189 g/mol. The van der Waals surface area contributed by atoms with Crippen LogP contribution < -0.4 is 11.1 Å². The number of carbonyl (C=O) groups excluding carboxylic acids is 1. The normalized spacial score (nSPS) is 11.4. The molecule has 1 atom stereocenters. The van der Waals surface area contributed by atoms with E-state index in [1.54, 1.807) is 6.19 Å². The maximum Gasteiger partial charge on any atom is 0.234 e. The number of hydrogen-bond donors (Lipinski definition) is 2. The minimum Gasteiger partial charge on any atom is -0.324 e. The summed E-state index contributed by atoms with van der Waals surface area (Å²) in [6.07, 6.45) is 1.69. The summed E-state index contributed by atoms with van der Waals surface area (Å²) in [5, 5.41) is 10.2. The first-order chi connectivity index (χ1) is 6.74. The monoisotopic (exact) mass is 189 g/mol. The van der Waals surface area contributed by atoms with Gasteiger partial charge in [-0.1, -0.05) is 30.3 Å². The number of nitrogens with one attached hydrogen (secondary N) is 1. The first kappa shape index (κ1) is 10.2. The van der Waals surface area contributed by atoms with Crippen LogP contribution in [-0.4, -0.2) is 5.91 Å². The van der Waals surface area contributed by atoms with Gasteiger partial charge in [0, 0.05) is 12.5 Å². The highest BCUT2D eigenvalue weighted by atomic mass is 16.1. The number of nitriles is 1. The van der Waals surface area contributed by atoms with E-state index in [1.165, 1.54) is 0 Å². The summed E-state index contributed by atoms with van der Waals surface area (Å²) in [4.78, 5) is 11.0. The molecule has 3 N–H and O–H groups in total. The number of rotatable bonds is 3. The van der Waals surface area contributed by atoms with Crippen LogP contribution in [0.2, 0.25) is 0 Å². The summed E-state index contributed by atoms with van der Waals surface area (Å²) in [5.41, 5.74) is 6.65. The first-order valence-electron chi connectivity index (χ1n) is 4.22. The third kappa shape index (κ3) is 2.88. The SMILES string of the molecule is N#CNC(=O)CC(N)c1ccccc1. The van der Waals surface area contributed by atoms with Crippen molar-refractivity contribution in [1.29, 1.82) is 5.26 Å². The standard InChI is InChI=1S/C10H11N3O/c11-7-13-10(14)6-9(12)8-4-2-1-3-5-8/h1-5,9H,6,12H2,(H,13,14). The Kier molecular flexibility index (Phi) is 3.65. The minimum atomic E-state index is -0.358. The van der Waals surface area contributed by atoms with Gasteiger partial charge in [-0.3, -0.25) is 10.1 Å². The molecule has 0 bridgehead atoms. The van der Waals surface area contributed by atoms with Crippen LogP contribution >= 0.6 is 0 Å². The fourth-order valence-corrected chi connectivity index (χ4v) is 1.13. The highest BCUT2D eigenvalue weighted by Gasteiger charge is 2.10. The maximum atomic E-state index is 11.0. The zero-order valence-electron chi connectivity index (χ0n) is 7.60. The van der Waals surface area contributed by atoms with Crippen LogP contribution in [-0.2, 0) is 4.79 Å². The van der Waals surface area contributed by atoms with Crippen molar-refractivity contribution in [3.8, 4) is 6.19 Å². The molecule has 1 rings (SSSR count). The summed E-state index contributed by atoms with van der Waals surface area (Å²) in [7, 11) is 0. The number of benzene rings is 1. The zero-order chi connectivity index (χ0) is 10.4. The lowest BCUT2D eigenvalue weighted by atomic mass is 10.0. The Morgan fingerprint density at radius 1 is 1.50 bits per heavy atom. The van der Waals surface area contributed by atoms with E-state index in [-0.39, 0.29) is 18.4 Å². The van der Waals surface area contributed by atoms with Crippen molar-refractivity contribution in [3.05, 3.63) is 35.9 Å². The molecular formula is C10H11N3O. The molecule has 14 heavy (non-hydrogen) atoms. The van der Waals surface area contributed by atoms with Gasteiger partial charge in [0.1, 0.15) is 0 Å². The molecule has 0 spiro atoms. The quantitative estimate of drug-likeness (QED) is 0.542. The van der Waals surface area contributed by atoms with E-state index in [9.17, 15) is 4.79 Å². The van der Waals surface area contributed by atoms with Gasteiger partial charge in [-0.25, -0.2) is 0 Å². The zero-order valence-corrected chi connectivity index (χ0v) is 7.60. The molecule has 0 aromatic heterocycles. The summed E-state index contributed by atoms with van der Waals surface area (Å²) < 4.78 is 0. The van der Waals surface area contributed by atoms with Gasteiger partial charge in [-0.15, -0.1) is 0 Å². The van der Waals surface area contributed by atoms with Crippen molar-refractivity contribution in [3.63, 3.8) is 0 Å². The third-order valence-electron chi connectivity index (χ3n) is 1.83. The van der Waals surface area contributed by atoms with E-state index >= 15 is 0 Å². The minimum absolute atomic E-state index is 0.123. The predicted octanol–water partition coefficient (Wildman–Crippen LogP) is 0.674. The van der Waals surface area contributed by atoms with Crippen molar-refractivity contribution in [2.24, 2.45) is 5.73 Å². The van der Waals surface area contributed by atoms with Gasteiger partial charge in [-0.2, -0.15) is 5.26 Å². The molecule has 0 fully saturated rings. The Hall–Kier alpha value is -1.86. The Bertz CT molecular complexity index is 342. The summed E-state index contributed by atoms with van der Waals surface area (Å²) >= 11 is 0. The van der Waals surface area contributed by atoms with Crippen LogP contribution in [0.15, 0.2) is 30.3 Å². The van der Waals surface area contributed by atoms with E-state index in [4.69, 9.17) is 11.0 Å². The molecule has 1 unspecified atom stereocenters. The number of amides is 1. The second kappa shape index (κ2) is 5.00. The molecule has 1 aromatic rings. The van der Waals surface area contributed by atoms with Crippen LogP contribution in [0.4, 0.5) is 0 Å². The fourth-order valence-electron chi connectivity index (χ4n) is 1.13. The van der Waals surface area contributed by atoms with E-state index in [2.05, 4.69) is 0 Å². The molecule has 72 valence electrons. The molecule has 0 saturated heterocycles. The van der Waals surface area contributed by atoms with Crippen LogP contribution in [0.1, 0.15) is 18.0 Å². The lowest BCUT2D eigenvalue weighted by molar-refractivity contribution is -0.120. The van der Waals surface area contributed by atoms with Crippen molar-refractivity contribution in [1.82, 2.24) is 5.32 Å². The van der Waals surface area contributed by atoms with Gasteiger partial charge in [0.2, 0.25) is 5.91 Å². The van der Waals surface area contributed by atoms with Crippen LogP contribution in [0.5, 0.6) is 0 Å². The number of carbonyl (C=O) groups is 1.